The summed E-state index contributed by atoms with van der Waals surface area (Å²) in [5.41, 5.74) is 5.08. The summed E-state index contributed by atoms with van der Waals surface area (Å²) in [5.74, 6) is -0.111. The zero-order valence-corrected chi connectivity index (χ0v) is 9.12. The Bertz CT molecular complexity index is 146. The van der Waals surface area contributed by atoms with Crippen molar-refractivity contribution in [1.29, 1.82) is 0 Å². The lowest BCUT2D eigenvalue weighted by Crippen LogP contribution is -2.20. The molecule has 0 radical (unpaired) electrons. The van der Waals surface area contributed by atoms with Crippen LogP contribution >= 0.6 is 0 Å². The molecule has 84 valence electrons. The van der Waals surface area contributed by atoms with Crippen molar-refractivity contribution in [2.24, 2.45) is 11.7 Å². The molecule has 1 fully saturated rings. The molecule has 2 N–H and O–H groups in total. The fourth-order valence-electron chi connectivity index (χ4n) is 1.04. The highest BCUT2D eigenvalue weighted by molar-refractivity contribution is 5.72. The lowest BCUT2D eigenvalue weighted by molar-refractivity contribution is -0.148. The van der Waals surface area contributed by atoms with Gasteiger partial charge < -0.3 is 9.47 Å². The van der Waals surface area contributed by atoms with Crippen LogP contribution in [0.4, 0.5) is 0 Å². The molecular weight excluding hydrogens is 182 g/mol. The van der Waals surface area contributed by atoms with Crippen LogP contribution in [0.5, 0.6) is 0 Å². The molecule has 1 atom stereocenters. The third-order valence-corrected chi connectivity index (χ3v) is 1.89. The van der Waals surface area contributed by atoms with Crippen LogP contribution in [0, 0.1) is 5.92 Å². The maximum absolute atomic E-state index is 11.1. The highest BCUT2D eigenvalue weighted by Crippen LogP contribution is 2.11. The first kappa shape index (κ1) is 13.4. The number of carbonyl (C=O) groups is 1. The number of rotatable bonds is 5. The van der Waals surface area contributed by atoms with E-state index >= 15 is 0 Å². The molecule has 0 bridgehead atoms. The Kier molecular flexibility index (Phi) is 8.57. The summed E-state index contributed by atoms with van der Waals surface area (Å²) in [7, 11) is 0. The topological polar surface area (TPSA) is 64.8 Å². The van der Waals surface area contributed by atoms with E-state index in [9.17, 15) is 4.79 Å². The molecule has 4 heteroatoms. The van der Waals surface area contributed by atoms with E-state index in [1.54, 1.807) is 0 Å². The van der Waals surface area contributed by atoms with Crippen LogP contribution < -0.4 is 5.73 Å². The molecule has 0 aromatic heterocycles. The molecular formula is C10H21NO3. The first-order valence-corrected chi connectivity index (χ1v) is 5.20. The minimum atomic E-state index is -0.156. The smallest absolute Gasteiger partial charge is 0.310 e. The molecule has 0 aliphatic carbocycles. The van der Waals surface area contributed by atoms with Crippen molar-refractivity contribution in [2.45, 2.75) is 33.1 Å². The monoisotopic (exact) mass is 203 g/mol. The van der Waals surface area contributed by atoms with Crippen LogP contribution in [0.1, 0.15) is 33.1 Å². The maximum Gasteiger partial charge on any atom is 0.310 e. The zero-order valence-electron chi connectivity index (χ0n) is 9.12. The number of epoxide rings is 1. The second kappa shape index (κ2) is 8.97. The van der Waals surface area contributed by atoms with Crippen molar-refractivity contribution in [1.82, 2.24) is 0 Å². The lowest BCUT2D eigenvalue weighted by Gasteiger charge is -2.11. The number of nitrogens with two attached hydrogens (primary N) is 1. The van der Waals surface area contributed by atoms with Gasteiger partial charge in [0, 0.05) is 0 Å². The van der Waals surface area contributed by atoms with E-state index < -0.39 is 0 Å². The Morgan fingerprint density at radius 2 is 2.07 bits per heavy atom. The van der Waals surface area contributed by atoms with Gasteiger partial charge in [-0.25, -0.2) is 0 Å². The van der Waals surface area contributed by atoms with Gasteiger partial charge in [0.05, 0.1) is 19.1 Å². The number of hydrogen-bond acceptors (Lipinski definition) is 4. The summed E-state index contributed by atoms with van der Waals surface area (Å²) in [5, 5.41) is 0. The van der Waals surface area contributed by atoms with Crippen molar-refractivity contribution < 1.29 is 14.3 Å². The molecule has 0 saturated carbocycles. The Morgan fingerprint density at radius 1 is 1.50 bits per heavy atom. The highest BCUT2D eigenvalue weighted by atomic mass is 16.6. The Morgan fingerprint density at radius 3 is 2.36 bits per heavy atom. The second-order valence-electron chi connectivity index (χ2n) is 3.14. The van der Waals surface area contributed by atoms with Gasteiger partial charge in [-0.3, -0.25) is 10.5 Å². The van der Waals surface area contributed by atoms with Crippen molar-refractivity contribution >= 4 is 5.97 Å². The molecule has 1 heterocycles. The first-order valence-electron chi connectivity index (χ1n) is 5.20. The molecule has 0 spiro atoms. The predicted octanol–water partition coefficient (Wildman–Crippen LogP) is 1.29. The average Bonchev–Trinajstić information content (AvgIpc) is 3.01. The fourth-order valence-corrected chi connectivity index (χ4v) is 1.04. The molecule has 1 rings (SSSR count). The van der Waals surface area contributed by atoms with Gasteiger partial charge in [0.25, 0.3) is 0 Å². The quantitative estimate of drug-likeness (QED) is 0.415. The summed E-state index contributed by atoms with van der Waals surface area (Å²) in [6, 6.07) is 0. The summed E-state index contributed by atoms with van der Waals surface area (Å²) in [6.07, 6.45) is 2.75. The number of ether oxygens (including phenoxy) is 2. The van der Waals surface area contributed by atoms with Gasteiger partial charge in [-0.15, -0.1) is 0 Å². The van der Waals surface area contributed by atoms with Gasteiger partial charge >= 0.3 is 5.97 Å². The third kappa shape index (κ3) is 8.01. The molecule has 0 aromatic rings. The minimum absolute atomic E-state index is 0.000945. The number of carbonyl (C=O) groups excluding carboxylic acids is 1. The van der Waals surface area contributed by atoms with Gasteiger partial charge in [-0.1, -0.05) is 20.3 Å². The summed E-state index contributed by atoms with van der Waals surface area (Å²) in [4.78, 5) is 11.1. The third-order valence-electron chi connectivity index (χ3n) is 1.89. The SMILES string of the molecule is C1CO1.CCCC(CC)C(=O)OCN. The Balaban J connectivity index is 0.000000469. The van der Waals surface area contributed by atoms with Gasteiger partial charge in [0.2, 0.25) is 0 Å². The van der Waals surface area contributed by atoms with E-state index in [4.69, 9.17) is 5.73 Å². The number of esters is 1. The summed E-state index contributed by atoms with van der Waals surface area (Å²) in [6.45, 7) is 6.04. The van der Waals surface area contributed by atoms with Gasteiger partial charge in [-0.05, 0) is 12.8 Å². The fraction of sp³-hybridized carbons (Fsp3) is 0.900. The van der Waals surface area contributed by atoms with Crippen molar-refractivity contribution in [3.63, 3.8) is 0 Å². The van der Waals surface area contributed by atoms with Gasteiger partial charge in [-0.2, -0.15) is 0 Å². The molecule has 0 amide bonds. The van der Waals surface area contributed by atoms with E-state index in [0.717, 1.165) is 32.5 Å². The van der Waals surface area contributed by atoms with Crippen LogP contribution in [-0.2, 0) is 14.3 Å². The molecule has 1 saturated heterocycles. The van der Waals surface area contributed by atoms with Crippen LogP contribution in [0.15, 0.2) is 0 Å². The lowest BCUT2D eigenvalue weighted by atomic mass is 10.0. The van der Waals surface area contributed by atoms with Crippen LogP contribution in [0.25, 0.3) is 0 Å². The standard InChI is InChI=1S/C8H17NO2.C2H4O/c1-3-5-7(4-2)8(10)11-6-9;1-2-3-1/h7H,3-6,9H2,1-2H3;1-2H2. The van der Waals surface area contributed by atoms with Crippen LogP contribution in [0.3, 0.4) is 0 Å². The average molecular weight is 203 g/mol. The molecule has 14 heavy (non-hydrogen) atoms. The maximum atomic E-state index is 11.1. The van der Waals surface area contributed by atoms with Crippen molar-refractivity contribution in [2.75, 3.05) is 19.9 Å². The summed E-state index contributed by atoms with van der Waals surface area (Å²) < 4.78 is 9.19. The number of hydrogen-bond donors (Lipinski definition) is 1. The Labute approximate surface area is 85.8 Å². The highest BCUT2D eigenvalue weighted by Gasteiger charge is 2.15. The van der Waals surface area contributed by atoms with E-state index in [2.05, 4.69) is 16.4 Å². The molecule has 4 nitrogen and oxygen atoms in total. The van der Waals surface area contributed by atoms with E-state index in [-0.39, 0.29) is 18.6 Å². The van der Waals surface area contributed by atoms with Crippen LogP contribution in [0.2, 0.25) is 0 Å². The Hall–Kier alpha value is -0.610. The van der Waals surface area contributed by atoms with E-state index in [1.807, 2.05) is 6.92 Å². The van der Waals surface area contributed by atoms with Crippen LogP contribution in [-0.4, -0.2) is 25.9 Å². The summed E-state index contributed by atoms with van der Waals surface area (Å²) >= 11 is 0. The molecule has 1 unspecified atom stereocenters. The van der Waals surface area contributed by atoms with Gasteiger partial charge in [0.15, 0.2) is 0 Å². The molecule has 1 aliphatic rings. The van der Waals surface area contributed by atoms with Crippen molar-refractivity contribution in [3.05, 3.63) is 0 Å². The normalized spacial score (nSPS) is 15.1. The van der Waals surface area contributed by atoms with E-state index in [0.29, 0.717) is 0 Å². The second-order valence-corrected chi connectivity index (χ2v) is 3.14. The molecule has 1 aliphatic heterocycles. The predicted molar refractivity (Wildman–Crippen MR) is 54.7 cm³/mol. The van der Waals surface area contributed by atoms with Gasteiger partial charge in [0.1, 0.15) is 6.73 Å². The largest absolute Gasteiger partial charge is 0.450 e. The van der Waals surface area contributed by atoms with Crippen molar-refractivity contribution in [3.8, 4) is 0 Å². The first-order chi connectivity index (χ1) is 6.76. The minimum Gasteiger partial charge on any atom is -0.450 e. The zero-order chi connectivity index (χ0) is 10.8. The van der Waals surface area contributed by atoms with E-state index in [1.165, 1.54) is 0 Å². The molecule has 0 aromatic carbocycles.